The van der Waals surface area contributed by atoms with Gasteiger partial charge in [-0.2, -0.15) is 0 Å². The topological polar surface area (TPSA) is 79.5 Å². The molecule has 5 nitrogen and oxygen atoms in total. The van der Waals surface area contributed by atoms with E-state index in [1.54, 1.807) is 26.8 Å². The Bertz CT molecular complexity index is 705. The molecule has 6 heteroatoms. The Kier molecular flexibility index (Phi) is 4.37. The second-order valence-electron chi connectivity index (χ2n) is 5.23. The average Bonchev–Trinajstić information content (AvgIpc) is 2.72. The van der Waals surface area contributed by atoms with Crippen molar-refractivity contribution in [1.82, 2.24) is 5.32 Å². The van der Waals surface area contributed by atoms with Crippen LogP contribution < -0.4 is 5.32 Å². The lowest BCUT2D eigenvalue weighted by molar-refractivity contribution is -0.140. The molecule has 0 spiro atoms. The molecule has 2 rings (SSSR count). The van der Waals surface area contributed by atoms with Crippen LogP contribution >= 0.6 is 15.9 Å². The van der Waals surface area contributed by atoms with Gasteiger partial charge in [0, 0.05) is 15.4 Å². The van der Waals surface area contributed by atoms with Gasteiger partial charge < -0.3 is 14.8 Å². The molecule has 112 valence electrons. The molecule has 21 heavy (non-hydrogen) atoms. The van der Waals surface area contributed by atoms with Crippen molar-refractivity contribution in [3.63, 3.8) is 0 Å². The van der Waals surface area contributed by atoms with Gasteiger partial charge in [-0.05, 0) is 31.0 Å². The van der Waals surface area contributed by atoms with Gasteiger partial charge in [0.25, 0.3) is 5.91 Å². The summed E-state index contributed by atoms with van der Waals surface area (Å²) in [6, 6.07) is 4.50. The summed E-state index contributed by atoms with van der Waals surface area (Å²) in [7, 11) is 0. The summed E-state index contributed by atoms with van der Waals surface area (Å²) in [4.78, 5) is 23.4. The van der Waals surface area contributed by atoms with Gasteiger partial charge in [0.05, 0.1) is 0 Å². The molecule has 0 aliphatic carbocycles. The number of carbonyl (C=O) groups excluding carboxylic acids is 1. The molecule has 0 bridgehead atoms. The minimum absolute atomic E-state index is 0.148. The van der Waals surface area contributed by atoms with E-state index in [4.69, 9.17) is 9.52 Å². The maximum atomic E-state index is 12.3. The number of carboxylic acid groups (broad SMARTS) is 1. The van der Waals surface area contributed by atoms with E-state index in [0.29, 0.717) is 11.1 Å². The van der Waals surface area contributed by atoms with Crippen LogP contribution in [0.2, 0.25) is 0 Å². The number of carboxylic acids is 1. The molecule has 0 saturated carbocycles. The quantitative estimate of drug-likeness (QED) is 0.883. The summed E-state index contributed by atoms with van der Waals surface area (Å²) in [6.07, 6.45) is 0. The van der Waals surface area contributed by atoms with E-state index in [-0.39, 0.29) is 11.7 Å². The predicted molar refractivity (Wildman–Crippen MR) is 82.4 cm³/mol. The largest absolute Gasteiger partial charge is 0.480 e. The smallest absolute Gasteiger partial charge is 0.326 e. The number of halogens is 1. The predicted octanol–water partition coefficient (Wildman–Crippen LogP) is 3.34. The maximum Gasteiger partial charge on any atom is 0.326 e. The van der Waals surface area contributed by atoms with Crippen LogP contribution in [0.15, 0.2) is 27.1 Å². The van der Waals surface area contributed by atoms with Crippen LogP contribution in [-0.4, -0.2) is 23.0 Å². The first-order valence-corrected chi connectivity index (χ1v) is 7.33. The van der Waals surface area contributed by atoms with Gasteiger partial charge in [-0.3, -0.25) is 4.79 Å². The number of fused-ring (bicyclic) bond motifs is 1. The fraction of sp³-hybridized carbons (Fsp3) is 0.333. The van der Waals surface area contributed by atoms with E-state index < -0.39 is 17.9 Å². The normalized spacial score (nSPS) is 12.6. The minimum atomic E-state index is -1.06. The molecule has 1 unspecified atom stereocenters. The number of rotatable bonds is 4. The third-order valence-electron chi connectivity index (χ3n) is 3.32. The second kappa shape index (κ2) is 5.89. The minimum Gasteiger partial charge on any atom is -0.480 e. The fourth-order valence-electron chi connectivity index (χ4n) is 2.13. The molecule has 0 aliphatic heterocycles. The zero-order valence-corrected chi connectivity index (χ0v) is 13.5. The molecule has 0 fully saturated rings. The van der Waals surface area contributed by atoms with Gasteiger partial charge in [0.2, 0.25) is 0 Å². The third kappa shape index (κ3) is 3.10. The molecule has 1 atom stereocenters. The van der Waals surface area contributed by atoms with Gasteiger partial charge in [0.15, 0.2) is 5.76 Å². The van der Waals surface area contributed by atoms with Gasteiger partial charge in [0.1, 0.15) is 11.6 Å². The Morgan fingerprint density at radius 2 is 2.00 bits per heavy atom. The summed E-state index contributed by atoms with van der Waals surface area (Å²) in [5.41, 5.74) is 1.29. The van der Waals surface area contributed by atoms with Crippen LogP contribution in [0.3, 0.4) is 0 Å². The summed E-state index contributed by atoms with van der Waals surface area (Å²) >= 11 is 3.37. The number of carbonyl (C=O) groups is 2. The summed E-state index contributed by atoms with van der Waals surface area (Å²) in [5.74, 6) is -1.64. The molecular weight excluding hydrogens is 338 g/mol. The van der Waals surface area contributed by atoms with E-state index in [1.165, 1.54) is 0 Å². The molecule has 2 N–H and O–H groups in total. The summed E-state index contributed by atoms with van der Waals surface area (Å²) < 4.78 is 6.44. The highest BCUT2D eigenvalue weighted by Gasteiger charge is 2.26. The van der Waals surface area contributed by atoms with Gasteiger partial charge >= 0.3 is 5.97 Å². The highest BCUT2D eigenvalue weighted by Crippen LogP contribution is 2.28. The molecular formula is C15H16BrNO4. The number of furan rings is 1. The third-order valence-corrected chi connectivity index (χ3v) is 3.82. The lowest BCUT2D eigenvalue weighted by Crippen LogP contribution is -2.44. The van der Waals surface area contributed by atoms with Gasteiger partial charge in [-0.25, -0.2) is 4.79 Å². The number of aliphatic carboxylic acids is 1. The molecule has 1 amide bonds. The number of benzene rings is 1. The van der Waals surface area contributed by atoms with E-state index >= 15 is 0 Å². The van der Waals surface area contributed by atoms with E-state index in [0.717, 1.165) is 9.86 Å². The second-order valence-corrected chi connectivity index (χ2v) is 6.15. The zero-order valence-electron chi connectivity index (χ0n) is 11.9. The average molecular weight is 354 g/mol. The maximum absolute atomic E-state index is 12.3. The van der Waals surface area contributed by atoms with Crippen molar-refractivity contribution in [2.24, 2.45) is 5.92 Å². The van der Waals surface area contributed by atoms with Crippen molar-refractivity contribution in [2.75, 3.05) is 0 Å². The molecule has 0 aliphatic rings. The van der Waals surface area contributed by atoms with Gasteiger partial charge in [-0.15, -0.1) is 0 Å². The lowest BCUT2D eigenvalue weighted by atomic mass is 10.0. The Labute approximate surface area is 130 Å². The first-order chi connectivity index (χ1) is 9.81. The number of aryl methyl sites for hydroxylation is 1. The van der Waals surface area contributed by atoms with Gasteiger partial charge in [-0.1, -0.05) is 29.8 Å². The highest BCUT2D eigenvalue weighted by molar-refractivity contribution is 9.10. The number of hydrogen-bond acceptors (Lipinski definition) is 3. The van der Waals surface area contributed by atoms with Crippen LogP contribution in [0.25, 0.3) is 11.0 Å². The Morgan fingerprint density at radius 1 is 1.33 bits per heavy atom. The van der Waals surface area contributed by atoms with E-state index in [9.17, 15) is 9.59 Å². The monoisotopic (exact) mass is 353 g/mol. The fourth-order valence-corrected chi connectivity index (χ4v) is 2.49. The molecule has 1 heterocycles. The van der Waals surface area contributed by atoms with Crippen molar-refractivity contribution in [2.45, 2.75) is 26.8 Å². The zero-order chi connectivity index (χ0) is 15.7. The Balaban J connectivity index is 2.35. The van der Waals surface area contributed by atoms with Crippen LogP contribution in [0.5, 0.6) is 0 Å². The Hall–Kier alpha value is -1.82. The standard InChI is InChI=1S/C15H16BrNO4/c1-7(2)12(15(19)20)17-14(18)13-8(3)10-6-9(16)4-5-11(10)21-13/h4-7,12H,1-3H3,(H,17,18)(H,19,20). The summed E-state index contributed by atoms with van der Waals surface area (Å²) in [6.45, 7) is 5.25. The molecule has 1 aromatic carbocycles. The number of amides is 1. The highest BCUT2D eigenvalue weighted by atomic mass is 79.9. The molecule has 0 radical (unpaired) electrons. The number of nitrogens with one attached hydrogen (secondary N) is 1. The van der Waals surface area contributed by atoms with Crippen molar-refractivity contribution >= 4 is 38.8 Å². The summed E-state index contributed by atoms with van der Waals surface area (Å²) in [5, 5.41) is 12.5. The molecule has 1 aromatic heterocycles. The van der Waals surface area contributed by atoms with Crippen LogP contribution in [0.1, 0.15) is 30.0 Å². The first kappa shape index (κ1) is 15.6. The van der Waals surface area contributed by atoms with E-state index in [1.807, 2.05) is 12.1 Å². The lowest BCUT2D eigenvalue weighted by Gasteiger charge is -2.17. The van der Waals surface area contributed by atoms with Crippen molar-refractivity contribution in [3.05, 3.63) is 34.0 Å². The van der Waals surface area contributed by atoms with Crippen molar-refractivity contribution in [1.29, 1.82) is 0 Å². The van der Waals surface area contributed by atoms with Crippen LogP contribution in [0, 0.1) is 12.8 Å². The van der Waals surface area contributed by atoms with Crippen LogP contribution in [0.4, 0.5) is 0 Å². The molecule has 2 aromatic rings. The Morgan fingerprint density at radius 3 is 2.57 bits per heavy atom. The number of hydrogen-bond donors (Lipinski definition) is 2. The molecule has 0 saturated heterocycles. The van der Waals surface area contributed by atoms with Crippen LogP contribution in [-0.2, 0) is 4.79 Å². The first-order valence-electron chi connectivity index (χ1n) is 6.53. The SMILES string of the molecule is Cc1c(C(=O)NC(C(=O)O)C(C)C)oc2ccc(Br)cc12. The van der Waals surface area contributed by atoms with E-state index in [2.05, 4.69) is 21.2 Å². The van der Waals surface area contributed by atoms with Crippen molar-refractivity contribution in [3.8, 4) is 0 Å². The van der Waals surface area contributed by atoms with Crippen molar-refractivity contribution < 1.29 is 19.1 Å².